The van der Waals surface area contributed by atoms with Crippen LogP contribution in [0.3, 0.4) is 0 Å². The number of nitrogens with one attached hydrogen (secondary N) is 2. The molecule has 34 heavy (non-hydrogen) atoms. The Morgan fingerprint density at radius 1 is 1.15 bits per heavy atom. The van der Waals surface area contributed by atoms with Crippen LogP contribution >= 0.6 is 0 Å². The molecular formula is C24H28N4O5S. The van der Waals surface area contributed by atoms with Gasteiger partial charge in [-0.05, 0) is 37.1 Å². The molecule has 2 aliphatic rings. The zero-order valence-corrected chi connectivity index (χ0v) is 20.0. The second kappa shape index (κ2) is 9.46. The van der Waals surface area contributed by atoms with E-state index < -0.39 is 21.9 Å². The van der Waals surface area contributed by atoms with Gasteiger partial charge in [-0.25, -0.2) is 8.42 Å². The molecule has 3 amide bonds. The van der Waals surface area contributed by atoms with E-state index in [0.29, 0.717) is 23.5 Å². The van der Waals surface area contributed by atoms with Crippen molar-refractivity contribution >= 4 is 44.6 Å². The minimum Gasteiger partial charge on any atom is -0.348 e. The number of nitrogens with zero attached hydrogens (tertiary/aromatic N) is 2. The minimum absolute atomic E-state index is 0.0609. The van der Waals surface area contributed by atoms with Gasteiger partial charge in [0, 0.05) is 18.8 Å². The van der Waals surface area contributed by atoms with E-state index in [9.17, 15) is 22.8 Å². The Kier molecular flexibility index (Phi) is 6.60. The molecule has 2 aromatic carbocycles. The number of carbonyl (C=O) groups is 3. The average Bonchev–Trinajstić information content (AvgIpc) is 3.16. The minimum atomic E-state index is -3.15. The van der Waals surface area contributed by atoms with Crippen molar-refractivity contribution in [3.63, 3.8) is 0 Å². The van der Waals surface area contributed by atoms with Gasteiger partial charge in [0.15, 0.2) is 9.84 Å². The van der Waals surface area contributed by atoms with Crippen LogP contribution < -0.4 is 15.5 Å². The summed E-state index contributed by atoms with van der Waals surface area (Å²) >= 11 is 0. The highest BCUT2D eigenvalue weighted by atomic mass is 32.2. The fourth-order valence-electron chi connectivity index (χ4n) is 4.39. The molecule has 4 rings (SSSR count). The normalized spacial score (nSPS) is 20.9. The molecule has 0 spiro atoms. The van der Waals surface area contributed by atoms with Crippen LogP contribution in [-0.2, 0) is 24.2 Å². The maximum Gasteiger partial charge on any atom is 0.247 e. The first-order valence-corrected chi connectivity index (χ1v) is 12.9. The lowest BCUT2D eigenvalue weighted by molar-refractivity contribution is -0.130. The SMILES string of the molecule is Cc1ccccc1NC(=O)C[C@@H]1C(=O)Nc2ccccc2N1CC(=O)N(C)[C@H]1CCS(=O)(=O)C1. The predicted octanol–water partition coefficient (Wildman–Crippen LogP) is 1.80. The van der Waals surface area contributed by atoms with Gasteiger partial charge in [0.25, 0.3) is 0 Å². The molecule has 2 aliphatic heterocycles. The summed E-state index contributed by atoms with van der Waals surface area (Å²) in [5.41, 5.74) is 2.75. The molecule has 0 radical (unpaired) electrons. The lowest BCUT2D eigenvalue weighted by atomic mass is 10.0. The van der Waals surface area contributed by atoms with Crippen molar-refractivity contribution in [2.45, 2.75) is 31.8 Å². The van der Waals surface area contributed by atoms with Crippen molar-refractivity contribution < 1.29 is 22.8 Å². The maximum absolute atomic E-state index is 13.1. The van der Waals surface area contributed by atoms with E-state index in [0.717, 1.165) is 5.56 Å². The Labute approximate surface area is 199 Å². The number of sulfone groups is 1. The van der Waals surface area contributed by atoms with Crippen molar-refractivity contribution in [3.05, 3.63) is 54.1 Å². The van der Waals surface area contributed by atoms with Crippen LogP contribution in [0, 0.1) is 6.92 Å². The van der Waals surface area contributed by atoms with Crippen LogP contribution in [0.2, 0.25) is 0 Å². The van der Waals surface area contributed by atoms with Crippen LogP contribution in [0.25, 0.3) is 0 Å². The summed E-state index contributed by atoms with van der Waals surface area (Å²) in [5, 5.41) is 5.67. The number of benzene rings is 2. The number of para-hydroxylation sites is 3. The Hall–Kier alpha value is -3.40. The summed E-state index contributed by atoms with van der Waals surface area (Å²) in [6.45, 7) is 1.73. The van der Waals surface area contributed by atoms with E-state index >= 15 is 0 Å². The zero-order valence-electron chi connectivity index (χ0n) is 19.2. The number of hydrogen-bond acceptors (Lipinski definition) is 6. The molecule has 10 heteroatoms. The molecule has 180 valence electrons. The van der Waals surface area contributed by atoms with Gasteiger partial charge in [0.05, 0.1) is 35.8 Å². The van der Waals surface area contributed by atoms with Crippen LogP contribution in [0.15, 0.2) is 48.5 Å². The summed E-state index contributed by atoms with van der Waals surface area (Å²) < 4.78 is 23.7. The number of rotatable bonds is 6. The van der Waals surface area contributed by atoms with Crippen molar-refractivity contribution in [3.8, 4) is 0 Å². The second-order valence-corrected chi connectivity index (χ2v) is 11.0. The number of likely N-dealkylation sites (N-methyl/N-ethyl adjacent to an activating group) is 1. The van der Waals surface area contributed by atoms with Crippen LogP contribution in [0.1, 0.15) is 18.4 Å². The highest BCUT2D eigenvalue weighted by Gasteiger charge is 2.38. The lowest BCUT2D eigenvalue weighted by Gasteiger charge is -2.38. The van der Waals surface area contributed by atoms with Crippen molar-refractivity contribution in [1.29, 1.82) is 0 Å². The molecule has 0 aromatic heterocycles. The number of anilines is 3. The van der Waals surface area contributed by atoms with Crippen molar-refractivity contribution in [2.75, 3.05) is 40.6 Å². The smallest absolute Gasteiger partial charge is 0.247 e. The standard InChI is InChI=1S/C24H28N4O5S/c1-16-7-3-4-8-18(16)25-22(29)13-21-24(31)26-19-9-5-6-10-20(19)28(21)14-23(30)27(2)17-11-12-34(32,33)15-17/h3-10,17,21H,11-15H2,1-2H3,(H,25,29)(H,26,31)/t17-,21+/m0/s1. The quantitative estimate of drug-likeness (QED) is 0.646. The first-order valence-electron chi connectivity index (χ1n) is 11.1. The Morgan fingerprint density at radius 2 is 1.85 bits per heavy atom. The van der Waals surface area contributed by atoms with Gasteiger partial charge in [-0.2, -0.15) is 0 Å². The summed E-state index contributed by atoms with van der Waals surface area (Å²) in [4.78, 5) is 42.1. The molecule has 1 saturated heterocycles. The first kappa shape index (κ1) is 23.7. The van der Waals surface area contributed by atoms with Gasteiger partial charge in [0.1, 0.15) is 6.04 Å². The molecule has 0 saturated carbocycles. The average molecular weight is 485 g/mol. The second-order valence-electron chi connectivity index (χ2n) is 8.78. The Balaban J connectivity index is 1.55. The van der Waals surface area contributed by atoms with Gasteiger partial charge >= 0.3 is 0 Å². The van der Waals surface area contributed by atoms with Gasteiger partial charge < -0.3 is 20.4 Å². The van der Waals surface area contributed by atoms with E-state index in [-0.39, 0.29) is 42.2 Å². The molecule has 0 unspecified atom stereocenters. The third kappa shape index (κ3) is 5.06. The molecule has 2 atom stereocenters. The predicted molar refractivity (Wildman–Crippen MR) is 130 cm³/mol. The summed E-state index contributed by atoms with van der Waals surface area (Å²) in [5.74, 6) is -1.03. The third-order valence-electron chi connectivity index (χ3n) is 6.40. The fourth-order valence-corrected chi connectivity index (χ4v) is 6.16. The van der Waals surface area contributed by atoms with Crippen LogP contribution in [-0.4, -0.2) is 68.2 Å². The summed E-state index contributed by atoms with van der Waals surface area (Å²) in [7, 11) is -1.56. The van der Waals surface area contributed by atoms with Gasteiger partial charge in [0.2, 0.25) is 17.7 Å². The molecule has 2 N–H and O–H groups in total. The zero-order chi connectivity index (χ0) is 24.5. The number of hydrogen-bond donors (Lipinski definition) is 2. The van der Waals surface area contributed by atoms with Gasteiger partial charge in [-0.3, -0.25) is 14.4 Å². The van der Waals surface area contributed by atoms with Crippen LogP contribution in [0.5, 0.6) is 0 Å². The number of carbonyl (C=O) groups excluding carboxylic acids is 3. The fraction of sp³-hybridized carbons (Fsp3) is 0.375. The van der Waals surface area contributed by atoms with E-state index in [2.05, 4.69) is 10.6 Å². The molecule has 0 aliphatic carbocycles. The summed E-state index contributed by atoms with van der Waals surface area (Å²) in [6.07, 6.45) is 0.243. The largest absolute Gasteiger partial charge is 0.348 e. The van der Waals surface area contributed by atoms with E-state index in [1.54, 1.807) is 42.3 Å². The maximum atomic E-state index is 13.1. The molecule has 0 bridgehead atoms. The van der Waals surface area contributed by atoms with E-state index in [1.165, 1.54) is 4.90 Å². The molecule has 1 fully saturated rings. The third-order valence-corrected chi connectivity index (χ3v) is 8.15. The molecule has 2 aromatic rings. The van der Waals surface area contributed by atoms with E-state index in [4.69, 9.17) is 0 Å². The van der Waals surface area contributed by atoms with Crippen molar-refractivity contribution in [1.82, 2.24) is 4.90 Å². The molecule has 2 heterocycles. The molecule has 9 nitrogen and oxygen atoms in total. The van der Waals surface area contributed by atoms with Crippen molar-refractivity contribution in [2.24, 2.45) is 0 Å². The Bertz CT molecular complexity index is 1230. The number of aryl methyl sites for hydroxylation is 1. The van der Waals surface area contributed by atoms with E-state index in [1.807, 2.05) is 25.1 Å². The highest BCUT2D eigenvalue weighted by Crippen LogP contribution is 2.33. The van der Waals surface area contributed by atoms with Gasteiger partial charge in [-0.15, -0.1) is 0 Å². The lowest BCUT2D eigenvalue weighted by Crippen LogP contribution is -2.54. The first-order chi connectivity index (χ1) is 16.1. The highest BCUT2D eigenvalue weighted by molar-refractivity contribution is 7.91. The topological polar surface area (TPSA) is 116 Å². The monoisotopic (exact) mass is 484 g/mol. The Morgan fingerprint density at radius 3 is 2.56 bits per heavy atom. The van der Waals surface area contributed by atoms with Crippen LogP contribution in [0.4, 0.5) is 17.1 Å². The van der Waals surface area contributed by atoms with Gasteiger partial charge in [-0.1, -0.05) is 30.3 Å². The molecular weight excluding hydrogens is 456 g/mol. The number of amides is 3. The number of fused-ring (bicyclic) bond motifs is 1. The summed E-state index contributed by atoms with van der Waals surface area (Å²) in [6, 6.07) is 13.2.